The first-order chi connectivity index (χ1) is 14.6. The molecule has 11 heteroatoms. The Bertz CT molecular complexity index is 809. The van der Waals surface area contributed by atoms with Crippen LogP contribution in [0.1, 0.15) is 27.7 Å². The van der Waals surface area contributed by atoms with Crippen molar-refractivity contribution in [3.05, 3.63) is 29.3 Å². The molecule has 0 N–H and O–H groups in total. The lowest BCUT2D eigenvalue weighted by Crippen LogP contribution is -2.63. The van der Waals surface area contributed by atoms with Crippen molar-refractivity contribution in [2.24, 2.45) is 0 Å². The van der Waals surface area contributed by atoms with Gasteiger partial charge in [-0.1, -0.05) is 11.6 Å². The normalized spacial score (nSPS) is 25.1. The highest BCUT2D eigenvalue weighted by atomic mass is 35.5. The van der Waals surface area contributed by atoms with Gasteiger partial charge in [0, 0.05) is 32.7 Å². The minimum atomic E-state index is -1.30. The summed E-state index contributed by atoms with van der Waals surface area (Å²) in [4.78, 5) is 46.5. The van der Waals surface area contributed by atoms with Crippen LogP contribution in [0.2, 0.25) is 5.02 Å². The molecule has 5 atom stereocenters. The lowest BCUT2D eigenvalue weighted by Gasteiger charge is -2.43. The molecule has 1 aliphatic heterocycles. The van der Waals surface area contributed by atoms with Crippen molar-refractivity contribution in [1.82, 2.24) is 0 Å². The molecule has 0 radical (unpaired) electrons. The second kappa shape index (κ2) is 11.0. The van der Waals surface area contributed by atoms with Gasteiger partial charge in [-0.15, -0.1) is 0 Å². The zero-order valence-corrected chi connectivity index (χ0v) is 18.1. The van der Waals surface area contributed by atoms with E-state index in [0.29, 0.717) is 10.8 Å². The summed E-state index contributed by atoms with van der Waals surface area (Å²) in [6.45, 7) is 4.29. The summed E-state index contributed by atoms with van der Waals surface area (Å²) in [6.07, 6.45) is -6.20. The van der Waals surface area contributed by atoms with Crippen molar-refractivity contribution >= 4 is 35.5 Å². The van der Waals surface area contributed by atoms with Crippen LogP contribution in [0.25, 0.3) is 0 Å². The second-order valence-electron chi connectivity index (χ2n) is 6.64. The van der Waals surface area contributed by atoms with Crippen molar-refractivity contribution in [3.63, 3.8) is 0 Å². The summed E-state index contributed by atoms with van der Waals surface area (Å²) in [5.74, 6) is -2.44. The maximum atomic E-state index is 11.8. The van der Waals surface area contributed by atoms with E-state index in [1.165, 1.54) is 6.92 Å². The molecule has 10 nitrogen and oxygen atoms in total. The van der Waals surface area contributed by atoms with Gasteiger partial charge in [0.05, 0.1) is 0 Å². The highest BCUT2D eigenvalue weighted by molar-refractivity contribution is 6.30. The number of benzene rings is 1. The van der Waals surface area contributed by atoms with Crippen molar-refractivity contribution in [1.29, 1.82) is 0 Å². The number of hydrogen-bond donors (Lipinski definition) is 0. The molecule has 0 amide bonds. The number of halogens is 1. The summed E-state index contributed by atoms with van der Waals surface area (Å²) >= 11 is 5.88. The van der Waals surface area contributed by atoms with Gasteiger partial charge in [-0.3, -0.25) is 19.2 Å². The van der Waals surface area contributed by atoms with E-state index in [9.17, 15) is 19.2 Å². The van der Waals surface area contributed by atoms with Crippen molar-refractivity contribution in [2.45, 2.75) is 58.4 Å². The van der Waals surface area contributed by atoms with E-state index in [1.807, 2.05) is 0 Å². The summed E-state index contributed by atoms with van der Waals surface area (Å²) < 4.78 is 32.5. The summed E-state index contributed by atoms with van der Waals surface area (Å²) in [7, 11) is 0. The molecule has 31 heavy (non-hydrogen) atoms. The van der Waals surface area contributed by atoms with E-state index >= 15 is 0 Å². The number of ether oxygens (including phenoxy) is 6. The molecule has 1 heterocycles. The minimum absolute atomic E-state index is 0.310. The molecule has 0 spiro atoms. The Hall–Kier alpha value is -2.85. The monoisotopic (exact) mass is 458 g/mol. The lowest BCUT2D eigenvalue weighted by molar-refractivity contribution is -0.288. The smallest absolute Gasteiger partial charge is 0.303 e. The van der Waals surface area contributed by atoms with Gasteiger partial charge in [-0.25, -0.2) is 0 Å². The number of carbonyl (C=O) groups excluding carboxylic acids is 4. The number of hydrogen-bond acceptors (Lipinski definition) is 10. The number of esters is 4. The van der Waals surface area contributed by atoms with E-state index < -0.39 is 54.6 Å². The Morgan fingerprint density at radius 1 is 0.806 bits per heavy atom. The van der Waals surface area contributed by atoms with E-state index in [-0.39, 0.29) is 6.61 Å². The molecule has 2 rings (SSSR count). The number of carbonyl (C=O) groups is 4. The Balaban J connectivity index is 2.43. The molecule has 1 saturated heterocycles. The van der Waals surface area contributed by atoms with Crippen LogP contribution < -0.4 is 4.74 Å². The molecule has 1 fully saturated rings. The molecule has 0 bridgehead atoms. The van der Waals surface area contributed by atoms with Crippen LogP contribution in [-0.4, -0.2) is 61.2 Å². The van der Waals surface area contributed by atoms with Crippen LogP contribution in [0.15, 0.2) is 24.3 Å². The highest BCUT2D eigenvalue weighted by Gasteiger charge is 2.53. The average Bonchev–Trinajstić information content (AvgIpc) is 2.65. The molecular formula is C20H23ClO10. The Morgan fingerprint density at radius 3 is 1.84 bits per heavy atom. The van der Waals surface area contributed by atoms with Crippen molar-refractivity contribution in [2.75, 3.05) is 6.61 Å². The SMILES string of the molecule is CC(=O)OC[C@H]1O[C@@H](Oc2ccc(Cl)cc2)[C@H](OC(C)=O)[C@@H](OC(C)=O)[C@@H]1OC(C)=O. The first-order valence-corrected chi connectivity index (χ1v) is 9.67. The largest absolute Gasteiger partial charge is 0.463 e. The standard InChI is InChI=1S/C20H23ClO10/c1-10(22)26-9-16-17(27-11(2)23)18(28-12(3)24)19(29-13(4)25)20(31-16)30-15-7-5-14(21)6-8-15/h5-8,16-20H,9H2,1-4H3/t16-,17-,18+,19-,20-/m1/s1. The third kappa shape index (κ3) is 7.41. The van der Waals surface area contributed by atoms with Crippen LogP contribution in [0.4, 0.5) is 0 Å². The highest BCUT2D eigenvalue weighted by Crippen LogP contribution is 2.31. The molecule has 0 unspecified atom stereocenters. The third-order valence-corrected chi connectivity index (χ3v) is 4.27. The van der Waals surface area contributed by atoms with E-state index in [0.717, 1.165) is 20.8 Å². The van der Waals surface area contributed by atoms with Gasteiger partial charge in [-0.2, -0.15) is 0 Å². The topological polar surface area (TPSA) is 124 Å². The molecule has 0 aromatic heterocycles. The fourth-order valence-electron chi connectivity index (χ4n) is 2.93. The third-order valence-electron chi connectivity index (χ3n) is 4.01. The van der Waals surface area contributed by atoms with Crippen molar-refractivity contribution < 1.29 is 47.6 Å². The number of rotatable bonds is 7. The molecule has 170 valence electrons. The minimum Gasteiger partial charge on any atom is -0.463 e. The summed E-state index contributed by atoms with van der Waals surface area (Å²) in [5.41, 5.74) is 0. The van der Waals surface area contributed by atoms with Crippen LogP contribution in [-0.2, 0) is 42.9 Å². The van der Waals surface area contributed by atoms with Crippen LogP contribution >= 0.6 is 11.6 Å². The van der Waals surface area contributed by atoms with Gasteiger partial charge in [0.15, 0.2) is 12.2 Å². The Kier molecular flexibility index (Phi) is 8.64. The molecular weight excluding hydrogens is 436 g/mol. The average molecular weight is 459 g/mol. The van der Waals surface area contributed by atoms with E-state index in [4.69, 9.17) is 40.0 Å². The first-order valence-electron chi connectivity index (χ1n) is 9.29. The summed E-state index contributed by atoms with van der Waals surface area (Å²) in [5, 5.41) is 0.467. The zero-order chi connectivity index (χ0) is 23.1. The maximum Gasteiger partial charge on any atom is 0.303 e. The zero-order valence-electron chi connectivity index (χ0n) is 17.4. The van der Waals surface area contributed by atoms with Crippen LogP contribution in [0.3, 0.4) is 0 Å². The van der Waals surface area contributed by atoms with Gasteiger partial charge in [0.1, 0.15) is 18.5 Å². The molecule has 0 saturated carbocycles. The van der Waals surface area contributed by atoms with Crippen molar-refractivity contribution in [3.8, 4) is 5.75 Å². The van der Waals surface area contributed by atoms with E-state index in [2.05, 4.69) is 0 Å². The molecule has 1 aromatic rings. The van der Waals surface area contributed by atoms with Gasteiger partial charge in [-0.05, 0) is 24.3 Å². The predicted octanol–water partition coefficient (Wildman–Crippen LogP) is 1.80. The first kappa shape index (κ1) is 24.4. The lowest BCUT2D eigenvalue weighted by atomic mass is 9.98. The fraction of sp³-hybridized carbons (Fsp3) is 0.500. The van der Waals surface area contributed by atoms with E-state index in [1.54, 1.807) is 24.3 Å². The van der Waals surface area contributed by atoms with Gasteiger partial charge >= 0.3 is 23.9 Å². The maximum absolute atomic E-state index is 11.8. The quantitative estimate of drug-likeness (QED) is 0.441. The second-order valence-corrected chi connectivity index (χ2v) is 7.08. The van der Waals surface area contributed by atoms with Gasteiger partial charge < -0.3 is 28.4 Å². The van der Waals surface area contributed by atoms with Crippen LogP contribution in [0, 0.1) is 0 Å². The summed E-state index contributed by atoms with van der Waals surface area (Å²) in [6, 6.07) is 6.25. The van der Waals surface area contributed by atoms with Crippen LogP contribution in [0.5, 0.6) is 5.75 Å². The van der Waals surface area contributed by atoms with Gasteiger partial charge in [0.2, 0.25) is 12.4 Å². The molecule has 1 aromatic carbocycles. The molecule has 0 aliphatic carbocycles. The Morgan fingerprint density at radius 2 is 1.32 bits per heavy atom. The van der Waals surface area contributed by atoms with Gasteiger partial charge in [0.25, 0.3) is 0 Å². The Labute approximate surface area is 183 Å². The fourth-order valence-corrected chi connectivity index (χ4v) is 3.06. The molecule has 1 aliphatic rings. The predicted molar refractivity (Wildman–Crippen MR) is 104 cm³/mol.